The van der Waals surface area contributed by atoms with Crippen molar-refractivity contribution >= 4 is 17.9 Å². The number of hydrogen-bond acceptors (Lipinski definition) is 6. The van der Waals surface area contributed by atoms with Crippen molar-refractivity contribution in [1.82, 2.24) is 0 Å². The summed E-state index contributed by atoms with van der Waals surface area (Å²) in [6, 6.07) is 0. The lowest BCUT2D eigenvalue weighted by molar-refractivity contribution is -0.167. The van der Waals surface area contributed by atoms with Crippen molar-refractivity contribution < 1.29 is 28.6 Å². The van der Waals surface area contributed by atoms with Gasteiger partial charge in [0.1, 0.15) is 13.2 Å². The van der Waals surface area contributed by atoms with Gasteiger partial charge in [-0.25, -0.2) is 0 Å². The molecule has 6 nitrogen and oxygen atoms in total. The summed E-state index contributed by atoms with van der Waals surface area (Å²) in [7, 11) is 0. The summed E-state index contributed by atoms with van der Waals surface area (Å²) >= 11 is 0. The lowest BCUT2D eigenvalue weighted by Crippen LogP contribution is -2.30. The molecule has 0 rings (SSSR count). The first-order chi connectivity index (χ1) is 40.5. The number of carbonyl (C=O) groups excluding carboxylic acids is 3. The van der Waals surface area contributed by atoms with E-state index < -0.39 is 6.10 Å². The van der Waals surface area contributed by atoms with Crippen LogP contribution in [-0.4, -0.2) is 37.2 Å². The molecule has 0 radical (unpaired) electrons. The minimum absolute atomic E-state index is 0.112. The number of esters is 3. The first kappa shape index (κ1) is 77.0. The third kappa shape index (κ3) is 65.8. The lowest BCUT2D eigenvalue weighted by atomic mass is 10.0. The Labute approximate surface area is 505 Å². The van der Waals surface area contributed by atoms with E-state index in [1.807, 2.05) is 0 Å². The maximum absolute atomic E-state index is 12.9. The zero-order valence-corrected chi connectivity index (χ0v) is 52.9. The molecule has 0 bridgehead atoms. The molecule has 1 unspecified atom stereocenters. The molecule has 0 saturated carbocycles. The van der Waals surface area contributed by atoms with E-state index in [9.17, 15) is 14.4 Å². The van der Waals surface area contributed by atoms with Crippen LogP contribution in [0.15, 0.2) is 158 Å². The van der Waals surface area contributed by atoms with Crippen LogP contribution in [0.2, 0.25) is 0 Å². The van der Waals surface area contributed by atoms with Gasteiger partial charge in [-0.05, 0) is 141 Å². The highest BCUT2D eigenvalue weighted by molar-refractivity contribution is 5.71. The van der Waals surface area contributed by atoms with Crippen molar-refractivity contribution in [2.24, 2.45) is 0 Å². The van der Waals surface area contributed by atoms with Gasteiger partial charge in [0.25, 0.3) is 0 Å². The Morgan fingerprint density at radius 2 is 0.488 bits per heavy atom. The summed E-state index contributed by atoms with van der Waals surface area (Å²) in [5.41, 5.74) is 0. The Morgan fingerprint density at radius 1 is 0.256 bits per heavy atom. The molecule has 0 heterocycles. The fourth-order valence-corrected chi connectivity index (χ4v) is 8.81. The molecule has 0 aromatic carbocycles. The highest BCUT2D eigenvalue weighted by Gasteiger charge is 2.19. The monoisotopic (exact) mass is 1130 g/mol. The highest BCUT2D eigenvalue weighted by atomic mass is 16.6. The van der Waals surface area contributed by atoms with Crippen LogP contribution >= 0.6 is 0 Å². The van der Waals surface area contributed by atoms with Crippen molar-refractivity contribution in [3.05, 3.63) is 158 Å². The summed E-state index contributed by atoms with van der Waals surface area (Å²) in [4.78, 5) is 38.4. The first-order valence-corrected chi connectivity index (χ1v) is 33.5. The molecule has 1 atom stereocenters. The molecule has 0 aromatic heterocycles. The largest absolute Gasteiger partial charge is 0.462 e. The zero-order valence-electron chi connectivity index (χ0n) is 52.9. The Kier molecular flexibility index (Phi) is 64.4. The summed E-state index contributed by atoms with van der Waals surface area (Å²) < 4.78 is 16.9. The lowest BCUT2D eigenvalue weighted by Gasteiger charge is -2.18. The van der Waals surface area contributed by atoms with Gasteiger partial charge in [-0.15, -0.1) is 0 Å². The average Bonchev–Trinajstić information content (AvgIpc) is 3.47. The number of ether oxygens (including phenoxy) is 3. The van der Waals surface area contributed by atoms with Crippen LogP contribution in [-0.2, 0) is 28.6 Å². The van der Waals surface area contributed by atoms with Crippen molar-refractivity contribution in [1.29, 1.82) is 0 Å². The maximum atomic E-state index is 12.9. The standard InChI is InChI=1S/C76H122O6/c1-4-7-10-13-16-19-22-25-28-31-33-35-37-38-40-41-43-45-48-51-54-57-60-63-66-69-75(78)81-72-73(71-80-74(77)68-65-62-59-56-53-50-47-30-27-24-21-18-15-12-9-6-3)82-76(79)70-67-64-61-58-55-52-49-46-44-42-39-36-34-32-29-26-23-20-17-14-11-8-5-2/h7-8,10-11,16-17,19-21,24-26,28-30,33-36,42,44,47,49,52,58,61,73H,4-6,9,12-15,18,22-23,27,31-32,37-41,43,45-46,48,50-51,53-57,59-60,62-72H2,1-3H3/b10-7-,11-8-,19-16-,20-17-,24-21-,28-25-,29-26-,35-33-,36-34-,44-42-,47-30-,52-49-,61-58-. The smallest absolute Gasteiger partial charge is 0.306 e. The predicted molar refractivity (Wildman–Crippen MR) is 357 cm³/mol. The fraction of sp³-hybridized carbons (Fsp3) is 0.618. The van der Waals surface area contributed by atoms with Crippen LogP contribution in [0.1, 0.15) is 284 Å². The van der Waals surface area contributed by atoms with E-state index in [1.54, 1.807) is 0 Å². The van der Waals surface area contributed by atoms with E-state index >= 15 is 0 Å². The first-order valence-electron chi connectivity index (χ1n) is 33.5. The van der Waals surface area contributed by atoms with Gasteiger partial charge in [0.05, 0.1) is 0 Å². The molecular weight excluding hydrogens is 1010 g/mol. The fourth-order valence-electron chi connectivity index (χ4n) is 8.81. The number of carbonyl (C=O) groups is 3. The summed E-state index contributed by atoms with van der Waals surface area (Å²) in [6.07, 6.45) is 99.7. The van der Waals surface area contributed by atoms with Gasteiger partial charge in [0, 0.05) is 19.3 Å². The van der Waals surface area contributed by atoms with E-state index in [1.165, 1.54) is 96.3 Å². The number of rotatable bonds is 59. The second-order valence-corrected chi connectivity index (χ2v) is 21.6. The quantitative estimate of drug-likeness (QED) is 0.0261. The Bertz CT molecular complexity index is 1830. The molecule has 0 fully saturated rings. The topological polar surface area (TPSA) is 78.9 Å². The molecule has 6 heteroatoms. The SMILES string of the molecule is CC/C=C\C/C=C\C/C=C\C/C=C\C/C=C\C/C=C\C/C=C\CCCC(=O)OC(COC(=O)CCCCCCC/C=C\C/C=C\CCCCCC)COC(=O)CCCCCCCCCCCCCC/C=C\C/C=C\C/C=C\C/C=C\CC. The van der Waals surface area contributed by atoms with Crippen LogP contribution in [0.4, 0.5) is 0 Å². The van der Waals surface area contributed by atoms with Gasteiger partial charge in [-0.3, -0.25) is 14.4 Å². The van der Waals surface area contributed by atoms with E-state index in [0.717, 1.165) is 141 Å². The number of allylic oxidation sites excluding steroid dienone is 26. The van der Waals surface area contributed by atoms with E-state index in [0.29, 0.717) is 19.3 Å². The van der Waals surface area contributed by atoms with Crippen LogP contribution in [0.25, 0.3) is 0 Å². The molecule has 0 amide bonds. The van der Waals surface area contributed by atoms with Gasteiger partial charge in [0.2, 0.25) is 0 Å². The minimum Gasteiger partial charge on any atom is -0.462 e. The number of hydrogen-bond donors (Lipinski definition) is 0. The molecule has 0 aromatic rings. The highest BCUT2D eigenvalue weighted by Crippen LogP contribution is 2.15. The molecule has 0 saturated heterocycles. The molecule has 0 spiro atoms. The van der Waals surface area contributed by atoms with Crippen LogP contribution < -0.4 is 0 Å². The molecule has 82 heavy (non-hydrogen) atoms. The average molecular weight is 1130 g/mol. The van der Waals surface area contributed by atoms with Crippen molar-refractivity contribution in [3.8, 4) is 0 Å². The second kappa shape index (κ2) is 68.5. The molecule has 0 N–H and O–H groups in total. The molecule has 0 aliphatic rings. The minimum atomic E-state index is -0.825. The molecule has 0 aliphatic carbocycles. The summed E-state index contributed by atoms with van der Waals surface area (Å²) in [5.74, 6) is -0.988. The van der Waals surface area contributed by atoms with E-state index in [2.05, 4.69) is 179 Å². The molecule has 0 aliphatic heterocycles. The summed E-state index contributed by atoms with van der Waals surface area (Å²) in [5, 5.41) is 0. The predicted octanol–water partition coefficient (Wildman–Crippen LogP) is 23.3. The summed E-state index contributed by atoms with van der Waals surface area (Å²) in [6.45, 7) is 6.35. The van der Waals surface area contributed by atoms with E-state index in [4.69, 9.17) is 14.2 Å². The Balaban J connectivity index is 4.49. The third-order valence-corrected chi connectivity index (χ3v) is 13.7. The zero-order chi connectivity index (χ0) is 59.2. The van der Waals surface area contributed by atoms with Crippen LogP contribution in [0.5, 0.6) is 0 Å². The normalized spacial score (nSPS) is 13.2. The molecular formula is C76H122O6. The van der Waals surface area contributed by atoms with Gasteiger partial charge in [0.15, 0.2) is 6.10 Å². The number of unbranched alkanes of at least 4 members (excludes halogenated alkanes) is 22. The van der Waals surface area contributed by atoms with Gasteiger partial charge < -0.3 is 14.2 Å². The maximum Gasteiger partial charge on any atom is 0.306 e. The van der Waals surface area contributed by atoms with Crippen molar-refractivity contribution in [2.75, 3.05) is 13.2 Å². The van der Waals surface area contributed by atoms with Crippen molar-refractivity contribution in [3.63, 3.8) is 0 Å². The Morgan fingerprint density at radius 3 is 0.780 bits per heavy atom. The van der Waals surface area contributed by atoms with Gasteiger partial charge in [-0.1, -0.05) is 281 Å². The van der Waals surface area contributed by atoms with Gasteiger partial charge in [-0.2, -0.15) is 0 Å². The van der Waals surface area contributed by atoms with Crippen LogP contribution in [0, 0.1) is 0 Å². The Hall–Kier alpha value is -4.97. The third-order valence-electron chi connectivity index (χ3n) is 13.7. The van der Waals surface area contributed by atoms with Crippen LogP contribution in [0.3, 0.4) is 0 Å². The van der Waals surface area contributed by atoms with Crippen molar-refractivity contribution in [2.45, 2.75) is 290 Å². The molecule has 462 valence electrons. The van der Waals surface area contributed by atoms with E-state index in [-0.39, 0.29) is 37.5 Å². The second-order valence-electron chi connectivity index (χ2n) is 21.6. The van der Waals surface area contributed by atoms with Gasteiger partial charge >= 0.3 is 17.9 Å².